The molecule has 0 bridgehead atoms. The minimum absolute atomic E-state index is 0.0168. The Hall–Kier alpha value is -1.18. The largest absolute Gasteiger partial charge is 0.481 e. The number of hydrogen-bond acceptors (Lipinski definition) is 5. The molecule has 0 aliphatic rings. The zero-order valence-corrected chi connectivity index (χ0v) is 9.92. The average molecular weight is 250 g/mol. The van der Waals surface area contributed by atoms with E-state index in [1.807, 2.05) is 0 Å². The smallest absolute Gasteiger partial charge is 0.332 e. The van der Waals surface area contributed by atoms with Gasteiger partial charge in [-0.3, -0.25) is 4.79 Å². The molecule has 2 N–H and O–H groups in total. The molecule has 1 atom stereocenters. The van der Waals surface area contributed by atoms with Gasteiger partial charge >= 0.3 is 11.9 Å². The normalized spacial score (nSPS) is 12.6. The van der Waals surface area contributed by atoms with Gasteiger partial charge in [-0.2, -0.15) is 0 Å². The van der Waals surface area contributed by atoms with Crippen molar-refractivity contribution in [3.8, 4) is 0 Å². The van der Waals surface area contributed by atoms with Gasteiger partial charge in [-0.25, -0.2) is 4.79 Å². The molecule has 0 amide bonds. The van der Waals surface area contributed by atoms with Gasteiger partial charge in [-0.1, -0.05) is 0 Å². The summed E-state index contributed by atoms with van der Waals surface area (Å²) in [6, 6.07) is 0. The monoisotopic (exact) mass is 250 g/mol. The van der Waals surface area contributed by atoms with Crippen molar-refractivity contribution in [1.82, 2.24) is 0 Å². The molecule has 0 aliphatic carbocycles. The lowest BCUT2D eigenvalue weighted by Gasteiger charge is -2.17. The second-order valence-corrected chi connectivity index (χ2v) is 3.35. The van der Waals surface area contributed by atoms with Crippen LogP contribution in [0.1, 0.15) is 19.3 Å². The quantitative estimate of drug-likeness (QED) is 0.538. The molecule has 0 saturated heterocycles. The Morgan fingerprint density at radius 1 is 1.18 bits per heavy atom. The van der Waals surface area contributed by atoms with E-state index < -0.39 is 24.3 Å². The van der Waals surface area contributed by atoms with Gasteiger partial charge in [0.05, 0.1) is 6.61 Å². The molecule has 100 valence electrons. The van der Waals surface area contributed by atoms with E-state index >= 15 is 0 Å². The van der Waals surface area contributed by atoms with Crippen molar-refractivity contribution < 1.29 is 34.0 Å². The Labute approximate surface area is 99.3 Å². The summed E-state index contributed by atoms with van der Waals surface area (Å²) in [6.07, 6.45) is -1.36. The van der Waals surface area contributed by atoms with Crippen molar-refractivity contribution >= 4 is 11.9 Å². The zero-order valence-electron chi connectivity index (χ0n) is 9.92. The van der Waals surface area contributed by atoms with E-state index in [0.717, 1.165) is 0 Å². The number of carboxylic acids is 2. The van der Waals surface area contributed by atoms with Crippen LogP contribution in [-0.4, -0.2) is 55.4 Å². The maximum Gasteiger partial charge on any atom is 0.332 e. The van der Waals surface area contributed by atoms with E-state index in [1.54, 1.807) is 0 Å². The predicted molar refractivity (Wildman–Crippen MR) is 56.7 cm³/mol. The fourth-order valence-electron chi connectivity index (χ4n) is 1.14. The van der Waals surface area contributed by atoms with E-state index in [2.05, 4.69) is 0 Å². The molecule has 0 spiro atoms. The fourth-order valence-corrected chi connectivity index (χ4v) is 1.14. The SMILES string of the molecule is COC(COC(CCCC(=O)O)C(=O)O)OC. The standard InChI is InChI=1S/C10H18O7/c1-15-9(16-2)6-17-7(10(13)14)4-3-5-8(11)12/h7,9H,3-6H2,1-2H3,(H,11,12)(H,13,14). The maximum atomic E-state index is 10.8. The fraction of sp³-hybridized carbons (Fsp3) is 0.800. The number of carboxylic acid groups (broad SMARTS) is 2. The highest BCUT2D eigenvalue weighted by Gasteiger charge is 2.20. The van der Waals surface area contributed by atoms with Crippen molar-refractivity contribution in [3.05, 3.63) is 0 Å². The lowest BCUT2D eigenvalue weighted by molar-refractivity contribution is -0.171. The molecule has 7 heteroatoms. The summed E-state index contributed by atoms with van der Waals surface area (Å²) in [7, 11) is 2.83. The molecule has 1 unspecified atom stereocenters. The van der Waals surface area contributed by atoms with Gasteiger partial charge < -0.3 is 24.4 Å². The van der Waals surface area contributed by atoms with Crippen LogP contribution in [0, 0.1) is 0 Å². The molecule has 0 radical (unpaired) electrons. The first kappa shape index (κ1) is 15.8. The predicted octanol–water partition coefficient (Wildman–Crippen LogP) is 0.330. The molecule has 0 rings (SSSR count). The number of rotatable bonds is 10. The van der Waals surface area contributed by atoms with Crippen molar-refractivity contribution in [2.45, 2.75) is 31.7 Å². The third kappa shape index (κ3) is 7.67. The number of aliphatic carboxylic acids is 2. The van der Waals surface area contributed by atoms with Gasteiger partial charge in [0.2, 0.25) is 0 Å². The number of ether oxygens (including phenoxy) is 3. The van der Waals surface area contributed by atoms with Gasteiger partial charge in [0.15, 0.2) is 12.4 Å². The molecule has 0 aliphatic heterocycles. The van der Waals surface area contributed by atoms with Gasteiger partial charge in [0.25, 0.3) is 0 Å². The van der Waals surface area contributed by atoms with Crippen molar-refractivity contribution in [3.63, 3.8) is 0 Å². The van der Waals surface area contributed by atoms with Gasteiger partial charge in [-0.05, 0) is 12.8 Å². The summed E-state index contributed by atoms with van der Waals surface area (Å²) < 4.78 is 14.8. The van der Waals surface area contributed by atoms with E-state index in [0.29, 0.717) is 0 Å². The molecule has 0 saturated carbocycles. The third-order valence-corrected chi connectivity index (χ3v) is 2.09. The molecule has 0 aromatic rings. The molecule has 7 nitrogen and oxygen atoms in total. The molecule has 0 fully saturated rings. The van der Waals surface area contributed by atoms with E-state index in [-0.39, 0.29) is 25.9 Å². The van der Waals surface area contributed by atoms with E-state index in [1.165, 1.54) is 14.2 Å². The Balaban J connectivity index is 3.98. The molecular weight excluding hydrogens is 232 g/mol. The maximum absolute atomic E-state index is 10.8. The first-order chi connectivity index (χ1) is 8.01. The Morgan fingerprint density at radius 3 is 2.18 bits per heavy atom. The van der Waals surface area contributed by atoms with Crippen LogP contribution in [0.3, 0.4) is 0 Å². The third-order valence-electron chi connectivity index (χ3n) is 2.09. The first-order valence-corrected chi connectivity index (χ1v) is 5.13. The van der Waals surface area contributed by atoms with Crippen molar-refractivity contribution in [1.29, 1.82) is 0 Å². The lowest BCUT2D eigenvalue weighted by Crippen LogP contribution is -2.30. The summed E-state index contributed by atoms with van der Waals surface area (Å²) >= 11 is 0. The summed E-state index contributed by atoms with van der Waals surface area (Å²) in [4.78, 5) is 21.1. The molecule has 17 heavy (non-hydrogen) atoms. The highest BCUT2D eigenvalue weighted by Crippen LogP contribution is 2.07. The summed E-state index contributed by atoms with van der Waals surface area (Å²) in [6.45, 7) is -0.0168. The summed E-state index contributed by atoms with van der Waals surface area (Å²) in [5.74, 6) is -2.08. The molecule has 0 heterocycles. The van der Waals surface area contributed by atoms with Gasteiger partial charge in [0.1, 0.15) is 0 Å². The molecule has 0 aromatic carbocycles. The minimum Gasteiger partial charge on any atom is -0.481 e. The first-order valence-electron chi connectivity index (χ1n) is 5.13. The van der Waals surface area contributed by atoms with Crippen LogP contribution < -0.4 is 0 Å². The van der Waals surface area contributed by atoms with Crippen LogP contribution in [0.5, 0.6) is 0 Å². The van der Waals surface area contributed by atoms with Crippen LogP contribution in [0.4, 0.5) is 0 Å². The number of hydrogen-bond donors (Lipinski definition) is 2. The minimum atomic E-state index is -1.12. The van der Waals surface area contributed by atoms with Crippen LogP contribution in [0.25, 0.3) is 0 Å². The number of carbonyl (C=O) groups is 2. The Morgan fingerprint density at radius 2 is 1.76 bits per heavy atom. The summed E-state index contributed by atoms with van der Waals surface area (Å²) in [5, 5.41) is 17.3. The van der Waals surface area contributed by atoms with Crippen LogP contribution in [-0.2, 0) is 23.8 Å². The van der Waals surface area contributed by atoms with Crippen LogP contribution in [0.15, 0.2) is 0 Å². The van der Waals surface area contributed by atoms with Gasteiger partial charge in [0, 0.05) is 20.6 Å². The van der Waals surface area contributed by atoms with Gasteiger partial charge in [-0.15, -0.1) is 0 Å². The second-order valence-electron chi connectivity index (χ2n) is 3.35. The number of methoxy groups -OCH3 is 2. The van der Waals surface area contributed by atoms with Crippen molar-refractivity contribution in [2.75, 3.05) is 20.8 Å². The lowest BCUT2D eigenvalue weighted by atomic mass is 10.1. The van der Waals surface area contributed by atoms with Crippen molar-refractivity contribution in [2.24, 2.45) is 0 Å². The topological polar surface area (TPSA) is 102 Å². The highest BCUT2D eigenvalue weighted by molar-refractivity contribution is 5.72. The van der Waals surface area contributed by atoms with Crippen LogP contribution >= 0.6 is 0 Å². The average Bonchev–Trinajstić information content (AvgIpc) is 2.27. The second kappa shape index (κ2) is 8.91. The Bertz CT molecular complexity index is 237. The van der Waals surface area contributed by atoms with Crippen LogP contribution in [0.2, 0.25) is 0 Å². The zero-order chi connectivity index (χ0) is 13.3. The Kier molecular flexibility index (Phi) is 8.29. The molecular formula is C10H18O7. The van der Waals surface area contributed by atoms with E-state index in [4.69, 9.17) is 24.4 Å². The molecule has 0 aromatic heterocycles. The highest BCUT2D eigenvalue weighted by atomic mass is 16.7. The van der Waals surface area contributed by atoms with E-state index in [9.17, 15) is 9.59 Å². The summed E-state index contributed by atoms with van der Waals surface area (Å²) in [5.41, 5.74) is 0.